The Morgan fingerprint density at radius 3 is 2.35 bits per heavy atom. The zero-order chi connectivity index (χ0) is 25.8. The molecule has 7 nitrogen and oxygen atoms in total. The van der Waals surface area contributed by atoms with Crippen LogP contribution in [0.1, 0.15) is 51.2 Å². The molecule has 5 rings (SSSR count). The fourth-order valence-electron chi connectivity index (χ4n) is 5.47. The third kappa shape index (κ3) is 5.26. The second-order valence-electron chi connectivity index (χ2n) is 9.98. The van der Waals surface area contributed by atoms with E-state index in [4.69, 9.17) is 4.74 Å². The van der Waals surface area contributed by atoms with Crippen LogP contribution in [0.5, 0.6) is 5.75 Å². The van der Waals surface area contributed by atoms with Crippen LogP contribution in [0.3, 0.4) is 0 Å². The number of ether oxygens (including phenoxy) is 1. The average Bonchev–Trinajstić information content (AvgIpc) is 3.36. The summed E-state index contributed by atoms with van der Waals surface area (Å²) >= 11 is 0. The van der Waals surface area contributed by atoms with Gasteiger partial charge in [-0.05, 0) is 54.5 Å². The molecule has 3 aromatic rings. The van der Waals surface area contributed by atoms with Gasteiger partial charge in [0, 0.05) is 37.9 Å². The second kappa shape index (κ2) is 10.5. The highest BCUT2D eigenvalue weighted by Crippen LogP contribution is 2.41. The zero-order valence-corrected chi connectivity index (χ0v) is 21.1. The number of aromatic nitrogens is 1. The molecular formula is C30H31N3O4. The zero-order valence-electron chi connectivity index (χ0n) is 21.1. The van der Waals surface area contributed by atoms with E-state index in [9.17, 15) is 14.4 Å². The molecule has 0 aliphatic carbocycles. The molecule has 0 unspecified atom stereocenters. The molecule has 0 bridgehead atoms. The first-order chi connectivity index (χ1) is 18.0. The molecule has 0 N–H and O–H groups in total. The lowest BCUT2D eigenvalue weighted by molar-refractivity contribution is -0.132. The van der Waals surface area contributed by atoms with Gasteiger partial charge in [0.05, 0.1) is 19.1 Å². The van der Waals surface area contributed by atoms with E-state index in [0.717, 1.165) is 30.6 Å². The largest absolute Gasteiger partial charge is 0.497 e. The van der Waals surface area contributed by atoms with Crippen LogP contribution in [-0.2, 0) is 11.2 Å². The molecule has 0 saturated carbocycles. The van der Waals surface area contributed by atoms with Crippen molar-refractivity contribution in [2.24, 2.45) is 5.41 Å². The highest BCUT2D eigenvalue weighted by molar-refractivity contribution is 6.14. The Balaban J connectivity index is 1.22. The lowest BCUT2D eigenvalue weighted by atomic mass is 9.77. The normalized spacial score (nSPS) is 16.6. The standard InChI is InChI=1S/C30H31N3O4/c1-37-24-10-5-7-22(19-24)20-26(34)32-16-12-30(13-17-32)14-18-33(21-30)29(36)27-25(11-6-15-31-27)28(35)23-8-3-2-4-9-23/h2-11,15,19H,12-14,16-18,20-21H2,1H3. The van der Waals surface area contributed by atoms with Crippen LogP contribution in [0.25, 0.3) is 0 Å². The van der Waals surface area contributed by atoms with Crippen LogP contribution in [0.4, 0.5) is 0 Å². The number of piperidine rings is 1. The van der Waals surface area contributed by atoms with E-state index in [1.165, 1.54) is 0 Å². The quantitative estimate of drug-likeness (QED) is 0.481. The Kier molecular flexibility index (Phi) is 7.04. The molecule has 1 spiro atoms. The van der Waals surface area contributed by atoms with Gasteiger partial charge in [0.1, 0.15) is 11.4 Å². The van der Waals surface area contributed by atoms with Crippen molar-refractivity contribution in [1.82, 2.24) is 14.8 Å². The van der Waals surface area contributed by atoms with Crippen LogP contribution >= 0.6 is 0 Å². The highest BCUT2D eigenvalue weighted by Gasteiger charge is 2.43. The summed E-state index contributed by atoms with van der Waals surface area (Å²) in [6.07, 6.45) is 4.53. The van der Waals surface area contributed by atoms with E-state index in [0.29, 0.717) is 43.7 Å². The summed E-state index contributed by atoms with van der Waals surface area (Å²) in [6.45, 7) is 2.63. The Labute approximate surface area is 217 Å². The van der Waals surface area contributed by atoms with Gasteiger partial charge < -0.3 is 14.5 Å². The van der Waals surface area contributed by atoms with E-state index < -0.39 is 0 Å². The molecule has 2 saturated heterocycles. The minimum atomic E-state index is -0.201. The first-order valence-corrected chi connectivity index (χ1v) is 12.7. The number of hydrogen-bond donors (Lipinski definition) is 0. The van der Waals surface area contributed by atoms with Crippen LogP contribution in [0.2, 0.25) is 0 Å². The maximum atomic E-state index is 13.5. The molecule has 190 valence electrons. The highest BCUT2D eigenvalue weighted by atomic mass is 16.5. The molecule has 2 aliphatic rings. The Morgan fingerprint density at radius 2 is 1.62 bits per heavy atom. The molecule has 3 heterocycles. The van der Waals surface area contributed by atoms with Crippen molar-refractivity contribution in [2.45, 2.75) is 25.7 Å². The molecule has 2 aliphatic heterocycles. The first kappa shape index (κ1) is 24.7. The summed E-state index contributed by atoms with van der Waals surface area (Å²) in [5, 5.41) is 0. The molecule has 1 aromatic heterocycles. The predicted octanol–water partition coefficient (Wildman–Crippen LogP) is 4.02. The smallest absolute Gasteiger partial charge is 0.273 e. The van der Waals surface area contributed by atoms with E-state index >= 15 is 0 Å². The number of rotatable bonds is 6. The maximum absolute atomic E-state index is 13.5. The van der Waals surface area contributed by atoms with Gasteiger partial charge in [-0.15, -0.1) is 0 Å². The number of methoxy groups -OCH3 is 1. The maximum Gasteiger partial charge on any atom is 0.273 e. The Hall–Kier alpha value is -4.00. The third-order valence-corrected chi connectivity index (χ3v) is 7.68. The minimum absolute atomic E-state index is 0.000784. The van der Waals surface area contributed by atoms with Crippen molar-refractivity contribution >= 4 is 17.6 Å². The molecule has 0 radical (unpaired) electrons. The summed E-state index contributed by atoms with van der Waals surface area (Å²) in [5.41, 5.74) is 2.02. The number of ketones is 1. The first-order valence-electron chi connectivity index (χ1n) is 12.7. The number of likely N-dealkylation sites (tertiary alicyclic amines) is 2. The van der Waals surface area contributed by atoms with Gasteiger partial charge >= 0.3 is 0 Å². The number of carbonyl (C=O) groups is 3. The Bertz CT molecular complexity index is 1300. The number of benzene rings is 2. The fourth-order valence-corrected chi connectivity index (χ4v) is 5.47. The van der Waals surface area contributed by atoms with Crippen LogP contribution in [-0.4, -0.2) is 65.7 Å². The van der Waals surface area contributed by atoms with E-state index in [-0.39, 0.29) is 28.7 Å². The summed E-state index contributed by atoms with van der Waals surface area (Å²) in [7, 11) is 1.62. The summed E-state index contributed by atoms with van der Waals surface area (Å²) in [4.78, 5) is 47.6. The summed E-state index contributed by atoms with van der Waals surface area (Å²) in [6, 6.07) is 20.0. The van der Waals surface area contributed by atoms with Crippen molar-refractivity contribution in [3.63, 3.8) is 0 Å². The van der Waals surface area contributed by atoms with Crippen molar-refractivity contribution in [3.05, 3.63) is 95.3 Å². The number of pyridine rings is 1. The van der Waals surface area contributed by atoms with Gasteiger partial charge in [-0.3, -0.25) is 19.4 Å². The SMILES string of the molecule is COc1cccc(CC(=O)N2CCC3(CC2)CCN(C(=O)c2ncccc2C(=O)c2ccccc2)C3)c1. The number of amides is 2. The van der Waals surface area contributed by atoms with Crippen molar-refractivity contribution in [1.29, 1.82) is 0 Å². The van der Waals surface area contributed by atoms with Crippen LogP contribution in [0, 0.1) is 5.41 Å². The summed E-state index contributed by atoms with van der Waals surface area (Å²) in [5.74, 6) is 0.467. The van der Waals surface area contributed by atoms with Crippen molar-refractivity contribution in [3.8, 4) is 5.75 Å². The fraction of sp³-hybridized carbons (Fsp3) is 0.333. The summed E-state index contributed by atoms with van der Waals surface area (Å²) < 4.78 is 5.27. The van der Waals surface area contributed by atoms with Gasteiger partial charge in [-0.1, -0.05) is 42.5 Å². The van der Waals surface area contributed by atoms with Crippen molar-refractivity contribution in [2.75, 3.05) is 33.3 Å². The lowest BCUT2D eigenvalue weighted by Gasteiger charge is -2.39. The molecule has 2 fully saturated rings. The molecule has 7 heteroatoms. The molecule has 0 atom stereocenters. The second-order valence-corrected chi connectivity index (χ2v) is 9.98. The minimum Gasteiger partial charge on any atom is -0.497 e. The molecule has 37 heavy (non-hydrogen) atoms. The van der Waals surface area contributed by atoms with Gasteiger partial charge in [0.25, 0.3) is 5.91 Å². The van der Waals surface area contributed by atoms with Crippen LogP contribution in [0.15, 0.2) is 72.9 Å². The topological polar surface area (TPSA) is 79.8 Å². The Morgan fingerprint density at radius 1 is 0.892 bits per heavy atom. The van der Waals surface area contributed by atoms with Gasteiger partial charge in [-0.2, -0.15) is 0 Å². The number of carbonyl (C=O) groups excluding carboxylic acids is 3. The van der Waals surface area contributed by atoms with E-state index in [2.05, 4.69) is 4.98 Å². The van der Waals surface area contributed by atoms with Gasteiger partial charge in [0.15, 0.2) is 5.78 Å². The molecular weight excluding hydrogens is 466 g/mol. The van der Waals surface area contributed by atoms with E-state index in [1.807, 2.05) is 52.3 Å². The predicted molar refractivity (Wildman–Crippen MR) is 140 cm³/mol. The third-order valence-electron chi connectivity index (χ3n) is 7.68. The van der Waals surface area contributed by atoms with Gasteiger partial charge in [-0.25, -0.2) is 0 Å². The molecule has 2 amide bonds. The molecule has 2 aromatic carbocycles. The lowest BCUT2D eigenvalue weighted by Crippen LogP contribution is -2.45. The monoisotopic (exact) mass is 497 g/mol. The number of nitrogens with zero attached hydrogens (tertiary/aromatic N) is 3. The van der Waals surface area contributed by atoms with Gasteiger partial charge in [0.2, 0.25) is 5.91 Å². The number of hydrogen-bond acceptors (Lipinski definition) is 5. The van der Waals surface area contributed by atoms with E-state index in [1.54, 1.807) is 37.6 Å². The van der Waals surface area contributed by atoms with Crippen LogP contribution < -0.4 is 4.74 Å². The van der Waals surface area contributed by atoms with Crippen molar-refractivity contribution < 1.29 is 19.1 Å². The average molecular weight is 498 g/mol.